The highest BCUT2D eigenvalue weighted by Crippen LogP contribution is 2.40. The first-order chi connectivity index (χ1) is 6.13. The maximum absolute atomic E-state index is 10.5. The maximum atomic E-state index is 10.5. The summed E-state index contributed by atoms with van der Waals surface area (Å²) in [6.45, 7) is 0.486. The van der Waals surface area contributed by atoms with E-state index >= 15 is 0 Å². The number of aliphatic hydroxyl groups excluding tert-OH is 1. The zero-order chi connectivity index (χ0) is 9.90. The highest BCUT2D eigenvalue weighted by molar-refractivity contribution is 5.71. The molecule has 0 unspecified atom stereocenters. The molecule has 0 spiro atoms. The van der Waals surface area contributed by atoms with Gasteiger partial charge in [-0.15, -0.1) is 0 Å². The van der Waals surface area contributed by atoms with E-state index in [4.69, 9.17) is 20.7 Å². The SMILES string of the molecule is NCC1(OCCO)CC(C(=O)O)C1. The van der Waals surface area contributed by atoms with Crippen molar-refractivity contribution in [2.24, 2.45) is 11.7 Å². The Morgan fingerprint density at radius 2 is 2.23 bits per heavy atom. The predicted molar refractivity (Wildman–Crippen MR) is 45.2 cm³/mol. The van der Waals surface area contributed by atoms with E-state index in [-0.39, 0.29) is 19.1 Å². The number of carboxylic acid groups (broad SMARTS) is 1. The largest absolute Gasteiger partial charge is 0.481 e. The van der Waals surface area contributed by atoms with Gasteiger partial charge in [-0.25, -0.2) is 0 Å². The van der Waals surface area contributed by atoms with Crippen LogP contribution >= 0.6 is 0 Å². The van der Waals surface area contributed by atoms with E-state index in [0.29, 0.717) is 19.4 Å². The van der Waals surface area contributed by atoms with Gasteiger partial charge in [-0.1, -0.05) is 0 Å². The zero-order valence-electron chi connectivity index (χ0n) is 7.40. The second kappa shape index (κ2) is 4.04. The Kier molecular flexibility index (Phi) is 3.24. The smallest absolute Gasteiger partial charge is 0.306 e. The Labute approximate surface area is 76.5 Å². The molecule has 0 amide bonds. The molecule has 0 aromatic heterocycles. The molecule has 0 aromatic carbocycles. The Balaban J connectivity index is 2.35. The second-order valence-electron chi connectivity index (χ2n) is 3.40. The van der Waals surface area contributed by atoms with E-state index in [1.54, 1.807) is 0 Å². The summed E-state index contributed by atoms with van der Waals surface area (Å²) in [5.41, 5.74) is 4.98. The third-order valence-electron chi connectivity index (χ3n) is 2.46. The fourth-order valence-electron chi connectivity index (χ4n) is 1.62. The molecule has 0 atom stereocenters. The summed E-state index contributed by atoms with van der Waals surface area (Å²) in [4.78, 5) is 10.5. The predicted octanol–water partition coefficient (Wildman–Crippen LogP) is -0.813. The number of aliphatic hydroxyl groups is 1. The van der Waals surface area contributed by atoms with Crippen LogP contribution in [-0.2, 0) is 9.53 Å². The molecule has 1 fully saturated rings. The lowest BCUT2D eigenvalue weighted by molar-refractivity contribution is -0.167. The number of carboxylic acids is 1. The normalized spacial score (nSPS) is 32.6. The second-order valence-corrected chi connectivity index (χ2v) is 3.40. The van der Waals surface area contributed by atoms with Gasteiger partial charge in [-0.05, 0) is 12.8 Å². The first-order valence-corrected chi connectivity index (χ1v) is 4.31. The standard InChI is InChI=1S/C8H15NO4/c9-5-8(13-2-1-10)3-6(4-8)7(11)12/h6,10H,1-5,9H2,(H,11,12). The van der Waals surface area contributed by atoms with Crippen LogP contribution in [0.5, 0.6) is 0 Å². The molecule has 1 aliphatic rings. The van der Waals surface area contributed by atoms with Crippen molar-refractivity contribution in [3.63, 3.8) is 0 Å². The molecule has 0 heterocycles. The molecule has 1 saturated carbocycles. The minimum Gasteiger partial charge on any atom is -0.481 e. The molecule has 5 heteroatoms. The minimum atomic E-state index is -0.795. The molecule has 0 bridgehead atoms. The van der Waals surface area contributed by atoms with Crippen molar-refractivity contribution < 1.29 is 19.7 Å². The van der Waals surface area contributed by atoms with E-state index in [1.165, 1.54) is 0 Å². The van der Waals surface area contributed by atoms with Crippen LogP contribution in [0, 0.1) is 5.92 Å². The van der Waals surface area contributed by atoms with Crippen molar-refractivity contribution in [1.29, 1.82) is 0 Å². The topological polar surface area (TPSA) is 92.8 Å². The van der Waals surface area contributed by atoms with Crippen LogP contribution in [0.4, 0.5) is 0 Å². The van der Waals surface area contributed by atoms with Crippen molar-refractivity contribution in [1.82, 2.24) is 0 Å². The fraction of sp³-hybridized carbons (Fsp3) is 0.875. The van der Waals surface area contributed by atoms with E-state index in [0.717, 1.165) is 0 Å². The Morgan fingerprint density at radius 1 is 1.62 bits per heavy atom. The van der Waals surface area contributed by atoms with Gasteiger partial charge < -0.3 is 20.7 Å². The van der Waals surface area contributed by atoms with Gasteiger partial charge in [0.2, 0.25) is 0 Å². The minimum absolute atomic E-state index is 0.0561. The lowest BCUT2D eigenvalue weighted by Gasteiger charge is -2.44. The molecular weight excluding hydrogens is 174 g/mol. The number of hydrogen-bond donors (Lipinski definition) is 3. The van der Waals surface area contributed by atoms with Gasteiger partial charge in [0.05, 0.1) is 24.7 Å². The summed E-state index contributed by atoms with van der Waals surface area (Å²) in [5.74, 6) is -1.13. The van der Waals surface area contributed by atoms with E-state index in [1.807, 2.05) is 0 Å². The molecule has 0 saturated heterocycles. The average Bonchev–Trinajstić information content (AvgIpc) is 2.03. The first-order valence-electron chi connectivity index (χ1n) is 4.31. The van der Waals surface area contributed by atoms with Crippen molar-refractivity contribution in [3.8, 4) is 0 Å². The molecular formula is C8H15NO4. The third kappa shape index (κ3) is 2.18. The molecule has 13 heavy (non-hydrogen) atoms. The number of rotatable bonds is 5. The van der Waals surface area contributed by atoms with Gasteiger partial charge in [0, 0.05) is 6.54 Å². The fourth-order valence-corrected chi connectivity index (χ4v) is 1.62. The van der Waals surface area contributed by atoms with Crippen molar-refractivity contribution >= 4 is 5.97 Å². The lowest BCUT2D eigenvalue weighted by Crippen LogP contribution is -2.54. The van der Waals surface area contributed by atoms with Gasteiger partial charge in [-0.2, -0.15) is 0 Å². The van der Waals surface area contributed by atoms with E-state index < -0.39 is 11.6 Å². The Bertz CT molecular complexity index is 189. The zero-order valence-corrected chi connectivity index (χ0v) is 7.40. The van der Waals surface area contributed by atoms with Crippen LogP contribution < -0.4 is 5.73 Å². The molecule has 1 rings (SSSR count). The van der Waals surface area contributed by atoms with E-state index in [2.05, 4.69) is 0 Å². The summed E-state index contributed by atoms with van der Waals surface area (Å²) in [6, 6.07) is 0. The van der Waals surface area contributed by atoms with Crippen molar-refractivity contribution in [2.45, 2.75) is 18.4 Å². The third-order valence-corrected chi connectivity index (χ3v) is 2.46. The van der Waals surface area contributed by atoms with Gasteiger partial charge in [-0.3, -0.25) is 4.79 Å². The van der Waals surface area contributed by atoms with Crippen LogP contribution in [0.25, 0.3) is 0 Å². The quantitative estimate of drug-likeness (QED) is 0.526. The highest BCUT2D eigenvalue weighted by Gasteiger charge is 2.47. The molecule has 76 valence electrons. The number of hydrogen-bond acceptors (Lipinski definition) is 4. The number of aliphatic carboxylic acids is 1. The summed E-state index contributed by atoms with van der Waals surface area (Å²) in [7, 11) is 0. The molecule has 0 aromatic rings. The Hall–Kier alpha value is -0.650. The van der Waals surface area contributed by atoms with Crippen LogP contribution in [0.15, 0.2) is 0 Å². The highest BCUT2D eigenvalue weighted by atomic mass is 16.5. The lowest BCUT2D eigenvalue weighted by atomic mass is 9.71. The molecule has 0 radical (unpaired) electrons. The Morgan fingerprint density at radius 3 is 2.62 bits per heavy atom. The maximum Gasteiger partial charge on any atom is 0.306 e. The van der Waals surface area contributed by atoms with Crippen molar-refractivity contribution in [2.75, 3.05) is 19.8 Å². The van der Waals surface area contributed by atoms with E-state index in [9.17, 15) is 4.79 Å². The van der Waals surface area contributed by atoms with Gasteiger partial charge in [0.1, 0.15) is 0 Å². The molecule has 1 aliphatic carbocycles. The molecule has 0 aliphatic heterocycles. The van der Waals surface area contributed by atoms with Crippen LogP contribution in [-0.4, -0.2) is 41.5 Å². The van der Waals surface area contributed by atoms with Crippen LogP contribution in [0.2, 0.25) is 0 Å². The van der Waals surface area contributed by atoms with Gasteiger partial charge in [0.15, 0.2) is 0 Å². The van der Waals surface area contributed by atoms with Crippen LogP contribution in [0.1, 0.15) is 12.8 Å². The van der Waals surface area contributed by atoms with Gasteiger partial charge >= 0.3 is 5.97 Å². The number of carbonyl (C=O) groups is 1. The number of nitrogens with two attached hydrogens (primary N) is 1. The summed E-state index contributed by atoms with van der Waals surface area (Å²) < 4.78 is 5.31. The number of ether oxygens (including phenoxy) is 1. The van der Waals surface area contributed by atoms with Gasteiger partial charge in [0.25, 0.3) is 0 Å². The van der Waals surface area contributed by atoms with Crippen molar-refractivity contribution in [3.05, 3.63) is 0 Å². The molecule has 5 nitrogen and oxygen atoms in total. The average molecular weight is 189 g/mol. The first kappa shape index (κ1) is 10.4. The van der Waals surface area contributed by atoms with Crippen LogP contribution in [0.3, 0.4) is 0 Å². The molecule has 4 N–H and O–H groups in total. The summed E-state index contributed by atoms with van der Waals surface area (Å²) >= 11 is 0. The monoisotopic (exact) mass is 189 g/mol. The summed E-state index contributed by atoms with van der Waals surface area (Å²) in [6.07, 6.45) is 0.914. The summed E-state index contributed by atoms with van der Waals surface area (Å²) in [5, 5.41) is 17.2.